The summed E-state index contributed by atoms with van der Waals surface area (Å²) in [5.41, 5.74) is 1.38. The van der Waals surface area contributed by atoms with Crippen LogP contribution in [-0.4, -0.2) is 21.0 Å². The van der Waals surface area contributed by atoms with E-state index in [1.54, 1.807) is 18.2 Å². The Balaban J connectivity index is 2.03. The molecule has 1 aromatic heterocycles. The third-order valence-corrected chi connectivity index (χ3v) is 2.60. The lowest BCUT2D eigenvalue weighted by Gasteiger charge is -2.06. The summed E-state index contributed by atoms with van der Waals surface area (Å²) in [7, 11) is 0. The van der Waals surface area contributed by atoms with Gasteiger partial charge in [-0.3, -0.25) is 10.1 Å². The number of nitrogens with zero attached hydrogens (tertiary/aromatic N) is 2. The molecular weight excluding hydrogens is 262 g/mol. The minimum Gasteiger partial charge on any atom is -0.477 e. The highest BCUT2D eigenvalue weighted by Gasteiger charge is 2.06. The van der Waals surface area contributed by atoms with Crippen LogP contribution in [0.3, 0.4) is 0 Å². The van der Waals surface area contributed by atoms with Gasteiger partial charge >= 0.3 is 5.97 Å². The summed E-state index contributed by atoms with van der Waals surface area (Å²) < 4.78 is 0. The largest absolute Gasteiger partial charge is 0.477 e. The number of benzene rings is 1. The van der Waals surface area contributed by atoms with Crippen molar-refractivity contribution in [3.63, 3.8) is 0 Å². The zero-order valence-electron chi connectivity index (χ0n) is 10.3. The van der Waals surface area contributed by atoms with Gasteiger partial charge < -0.3 is 10.4 Å². The maximum atomic E-state index is 10.7. The van der Waals surface area contributed by atoms with Crippen molar-refractivity contribution in [1.29, 1.82) is 0 Å². The number of nitro groups is 1. The topological polar surface area (TPSA) is 105 Å². The van der Waals surface area contributed by atoms with Crippen LogP contribution in [0.5, 0.6) is 0 Å². The number of aromatic carboxylic acids is 1. The number of nitro benzene ring substituents is 1. The van der Waals surface area contributed by atoms with E-state index in [1.807, 2.05) is 0 Å². The van der Waals surface area contributed by atoms with Crippen LogP contribution in [0.15, 0.2) is 42.6 Å². The Bertz CT molecular complexity index is 640. The van der Waals surface area contributed by atoms with Crippen molar-refractivity contribution >= 4 is 17.3 Å². The first-order chi connectivity index (χ1) is 9.56. The number of carboxylic acid groups (broad SMARTS) is 1. The maximum absolute atomic E-state index is 10.7. The van der Waals surface area contributed by atoms with Crippen LogP contribution in [0.4, 0.5) is 11.4 Å². The molecule has 7 nitrogen and oxygen atoms in total. The van der Waals surface area contributed by atoms with Crippen LogP contribution in [0.25, 0.3) is 0 Å². The van der Waals surface area contributed by atoms with E-state index >= 15 is 0 Å². The fraction of sp³-hybridized carbons (Fsp3) is 0.0769. The summed E-state index contributed by atoms with van der Waals surface area (Å²) in [5, 5.41) is 22.4. The van der Waals surface area contributed by atoms with Gasteiger partial charge in [0.15, 0.2) is 0 Å². The number of carbonyl (C=O) groups is 1. The highest BCUT2D eigenvalue weighted by atomic mass is 16.6. The second-order valence-electron chi connectivity index (χ2n) is 4.02. The number of aromatic nitrogens is 1. The molecule has 0 unspecified atom stereocenters. The Kier molecular flexibility index (Phi) is 3.90. The number of hydrogen-bond donors (Lipinski definition) is 2. The molecule has 0 atom stereocenters. The molecule has 20 heavy (non-hydrogen) atoms. The molecule has 2 aromatic rings. The Hall–Kier alpha value is -2.96. The summed E-state index contributed by atoms with van der Waals surface area (Å²) in [6.07, 6.45) is 1.45. The number of nitrogens with one attached hydrogen (secondary N) is 1. The molecule has 0 radical (unpaired) electrons. The second-order valence-corrected chi connectivity index (χ2v) is 4.02. The van der Waals surface area contributed by atoms with E-state index in [4.69, 9.17) is 5.11 Å². The monoisotopic (exact) mass is 273 g/mol. The van der Waals surface area contributed by atoms with Crippen molar-refractivity contribution in [1.82, 2.24) is 4.98 Å². The molecule has 0 bridgehead atoms. The van der Waals surface area contributed by atoms with Crippen LogP contribution >= 0.6 is 0 Å². The van der Waals surface area contributed by atoms with Crippen LogP contribution in [0.2, 0.25) is 0 Å². The summed E-state index contributed by atoms with van der Waals surface area (Å²) in [6, 6.07) is 9.19. The first-order valence-corrected chi connectivity index (χ1v) is 5.73. The zero-order chi connectivity index (χ0) is 14.5. The smallest absolute Gasteiger partial charge is 0.354 e. The van der Waals surface area contributed by atoms with Gasteiger partial charge in [0, 0.05) is 30.6 Å². The normalized spacial score (nSPS) is 10.0. The third kappa shape index (κ3) is 3.29. The minimum absolute atomic E-state index is 0.00866. The van der Waals surface area contributed by atoms with Crippen molar-refractivity contribution in [2.45, 2.75) is 6.54 Å². The highest BCUT2D eigenvalue weighted by molar-refractivity contribution is 5.85. The number of anilines is 1. The van der Waals surface area contributed by atoms with E-state index in [1.165, 1.54) is 24.4 Å². The van der Waals surface area contributed by atoms with Gasteiger partial charge in [0.2, 0.25) is 0 Å². The number of rotatable bonds is 5. The van der Waals surface area contributed by atoms with E-state index in [0.717, 1.165) is 5.56 Å². The molecule has 0 aliphatic heterocycles. The number of non-ortho nitro benzene ring substituents is 1. The zero-order valence-corrected chi connectivity index (χ0v) is 10.3. The molecule has 0 saturated heterocycles. The molecule has 1 heterocycles. The number of hydrogen-bond acceptors (Lipinski definition) is 5. The SMILES string of the molecule is O=C(O)c1ccc(CNc2cccc([N+](=O)[O-])c2)cn1. The van der Waals surface area contributed by atoms with E-state index < -0.39 is 10.9 Å². The van der Waals surface area contributed by atoms with Gasteiger partial charge in [-0.1, -0.05) is 12.1 Å². The first-order valence-electron chi connectivity index (χ1n) is 5.73. The summed E-state index contributed by atoms with van der Waals surface area (Å²) >= 11 is 0. The van der Waals surface area contributed by atoms with Crippen molar-refractivity contribution in [2.75, 3.05) is 5.32 Å². The predicted octanol–water partition coefficient (Wildman–Crippen LogP) is 2.30. The van der Waals surface area contributed by atoms with Gasteiger partial charge in [0.1, 0.15) is 5.69 Å². The quantitative estimate of drug-likeness (QED) is 0.639. The van der Waals surface area contributed by atoms with Gasteiger partial charge in [-0.25, -0.2) is 9.78 Å². The summed E-state index contributed by atoms with van der Waals surface area (Å²) in [4.78, 5) is 24.6. The Morgan fingerprint density at radius 3 is 2.75 bits per heavy atom. The summed E-state index contributed by atoms with van der Waals surface area (Å²) in [5.74, 6) is -1.08. The molecule has 0 aliphatic carbocycles. The van der Waals surface area contributed by atoms with Crippen molar-refractivity contribution < 1.29 is 14.8 Å². The van der Waals surface area contributed by atoms with Crippen LogP contribution in [0, 0.1) is 10.1 Å². The number of carboxylic acids is 1. The van der Waals surface area contributed by atoms with Gasteiger partial charge in [0.25, 0.3) is 5.69 Å². The molecule has 0 spiro atoms. The van der Waals surface area contributed by atoms with Crippen molar-refractivity contribution in [3.8, 4) is 0 Å². The van der Waals surface area contributed by atoms with Gasteiger partial charge in [0.05, 0.1) is 4.92 Å². The predicted molar refractivity (Wildman–Crippen MR) is 71.6 cm³/mol. The Labute approximate surface area is 114 Å². The molecule has 102 valence electrons. The molecule has 0 amide bonds. The van der Waals surface area contributed by atoms with E-state index in [0.29, 0.717) is 12.2 Å². The molecule has 0 saturated carbocycles. The number of pyridine rings is 1. The Morgan fingerprint density at radius 1 is 1.35 bits per heavy atom. The molecule has 7 heteroatoms. The maximum Gasteiger partial charge on any atom is 0.354 e. The molecule has 2 rings (SSSR count). The van der Waals surface area contributed by atoms with Crippen LogP contribution < -0.4 is 5.32 Å². The molecule has 2 N–H and O–H groups in total. The Morgan fingerprint density at radius 2 is 2.15 bits per heavy atom. The van der Waals surface area contributed by atoms with E-state index in [-0.39, 0.29) is 11.4 Å². The fourth-order valence-corrected chi connectivity index (χ4v) is 1.59. The average molecular weight is 273 g/mol. The van der Waals surface area contributed by atoms with Crippen LogP contribution in [0.1, 0.15) is 16.1 Å². The standard InChI is InChI=1S/C13H11N3O4/c17-13(18)12-5-4-9(8-15-12)7-14-10-2-1-3-11(6-10)16(19)20/h1-6,8,14H,7H2,(H,17,18). The lowest BCUT2D eigenvalue weighted by atomic mass is 10.2. The molecule has 0 fully saturated rings. The van der Waals surface area contributed by atoms with Crippen molar-refractivity contribution in [3.05, 3.63) is 64.0 Å². The second kappa shape index (κ2) is 5.79. The molecule has 0 aliphatic rings. The average Bonchev–Trinajstić information content (AvgIpc) is 2.46. The molecular formula is C13H11N3O4. The van der Waals surface area contributed by atoms with Gasteiger partial charge in [-0.05, 0) is 17.7 Å². The fourth-order valence-electron chi connectivity index (χ4n) is 1.59. The molecule has 1 aromatic carbocycles. The van der Waals surface area contributed by atoms with E-state index in [9.17, 15) is 14.9 Å². The lowest BCUT2D eigenvalue weighted by Crippen LogP contribution is -2.03. The summed E-state index contributed by atoms with van der Waals surface area (Å²) in [6.45, 7) is 0.397. The van der Waals surface area contributed by atoms with Gasteiger partial charge in [-0.15, -0.1) is 0 Å². The third-order valence-electron chi connectivity index (χ3n) is 2.60. The van der Waals surface area contributed by atoms with Gasteiger partial charge in [-0.2, -0.15) is 0 Å². The van der Waals surface area contributed by atoms with Crippen molar-refractivity contribution in [2.24, 2.45) is 0 Å². The highest BCUT2D eigenvalue weighted by Crippen LogP contribution is 2.17. The van der Waals surface area contributed by atoms with Crippen LogP contribution in [-0.2, 0) is 6.54 Å². The minimum atomic E-state index is -1.08. The first kappa shape index (κ1) is 13.5. The lowest BCUT2D eigenvalue weighted by molar-refractivity contribution is -0.384. The van der Waals surface area contributed by atoms with E-state index in [2.05, 4.69) is 10.3 Å².